The van der Waals surface area contributed by atoms with Crippen molar-refractivity contribution in [1.82, 2.24) is 9.78 Å². The molecular weight excluding hydrogens is 282 g/mol. The highest BCUT2D eigenvalue weighted by atomic mass is 35.5. The standard InChI is InChI=1S/C17H22ClN3/c1-13-5-2-6-14(10-9-13)20-16-8-3-7-15(18)17(16)21-12-4-11-19-21/h3-4,7-8,11-14,20H,2,5-6,9-10H2,1H3. The number of para-hydroxylation sites is 1. The number of anilines is 1. The fraction of sp³-hybridized carbons (Fsp3) is 0.471. The number of nitrogens with zero attached hydrogens (tertiary/aromatic N) is 2. The molecule has 1 heterocycles. The molecule has 21 heavy (non-hydrogen) atoms. The number of hydrogen-bond acceptors (Lipinski definition) is 2. The van der Waals surface area contributed by atoms with E-state index in [-0.39, 0.29) is 0 Å². The predicted octanol–water partition coefficient (Wildman–Crippen LogP) is 4.91. The molecule has 0 spiro atoms. The van der Waals surface area contributed by atoms with Crippen LogP contribution in [0.3, 0.4) is 0 Å². The van der Waals surface area contributed by atoms with Crippen molar-refractivity contribution in [3.63, 3.8) is 0 Å². The normalized spacial score (nSPS) is 22.8. The van der Waals surface area contributed by atoms with Gasteiger partial charge in [-0.15, -0.1) is 0 Å². The summed E-state index contributed by atoms with van der Waals surface area (Å²) in [6.07, 6.45) is 10.1. The van der Waals surface area contributed by atoms with Gasteiger partial charge in [0, 0.05) is 18.4 Å². The Morgan fingerprint density at radius 1 is 1.19 bits per heavy atom. The highest BCUT2D eigenvalue weighted by molar-refractivity contribution is 6.33. The molecule has 1 aliphatic carbocycles. The van der Waals surface area contributed by atoms with Crippen molar-refractivity contribution in [2.45, 2.75) is 45.1 Å². The van der Waals surface area contributed by atoms with Gasteiger partial charge in [0.2, 0.25) is 0 Å². The van der Waals surface area contributed by atoms with E-state index in [1.165, 1.54) is 32.1 Å². The minimum atomic E-state index is 0.530. The van der Waals surface area contributed by atoms with Crippen molar-refractivity contribution in [3.05, 3.63) is 41.7 Å². The molecule has 0 aliphatic heterocycles. The van der Waals surface area contributed by atoms with Crippen LogP contribution in [0.1, 0.15) is 39.0 Å². The monoisotopic (exact) mass is 303 g/mol. The lowest BCUT2D eigenvalue weighted by Gasteiger charge is -2.21. The van der Waals surface area contributed by atoms with Gasteiger partial charge < -0.3 is 5.32 Å². The van der Waals surface area contributed by atoms with E-state index in [2.05, 4.69) is 23.4 Å². The summed E-state index contributed by atoms with van der Waals surface area (Å²) in [7, 11) is 0. The van der Waals surface area contributed by atoms with E-state index in [0.717, 1.165) is 22.3 Å². The first-order valence-electron chi connectivity index (χ1n) is 7.79. The summed E-state index contributed by atoms with van der Waals surface area (Å²) in [5, 5.41) is 8.75. The Kier molecular flexibility index (Phi) is 4.49. The molecule has 2 aromatic rings. The third kappa shape index (κ3) is 3.41. The minimum Gasteiger partial charge on any atom is -0.381 e. The van der Waals surface area contributed by atoms with Crippen LogP contribution in [0.25, 0.3) is 5.69 Å². The lowest BCUT2D eigenvalue weighted by Crippen LogP contribution is -2.19. The van der Waals surface area contributed by atoms with Crippen LogP contribution in [0.2, 0.25) is 5.02 Å². The molecule has 1 N–H and O–H groups in total. The third-order valence-corrected chi connectivity index (χ3v) is 4.64. The Morgan fingerprint density at radius 2 is 2.10 bits per heavy atom. The van der Waals surface area contributed by atoms with Gasteiger partial charge >= 0.3 is 0 Å². The van der Waals surface area contributed by atoms with Crippen LogP contribution >= 0.6 is 11.6 Å². The Hall–Kier alpha value is -1.48. The molecule has 4 heteroatoms. The molecule has 3 rings (SSSR count). The second-order valence-electron chi connectivity index (χ2n) is 6.04. The maximum atomic E-state index is 6.39. The van der Waals surface area contributed by atoms with Crippen molar-refractivity contribution in [1.29, 1.82) is 0 Å². The maximum Gasteiger partial charge on any atom is 0.106 e. The summed E-state index contributed by atoms with van der Waals surface area (Å²) in [6, 6.07) is 8.45. The molecule has 1 fully saturated rings. The van der Waals surface area contributed by atoms with Crippen LogP contribution in [0.15, 0.2) is 36.7 Å². The van der Waals surface area contributed by atoms with E-state index in [9.17, 15) is 0 Å². The van der Waals surface area contributed by atoms with Gasteiger partial charge in [-0.2, -0.15) is 5.10 Å². The van der Waals surface area contributed by atoms with Crippen LogP contribution < -0.4 is 5.32 Å². The molecule has 1 aromatic carbocycles. The van der Waals surface area contributed by atoms with Crippen LogP contribution in [-0.2, 0) is 0 Å². The van der Waals surface area contributed by atoms with Gasteiger partial charge in [-0.1, -0.05) is 37.4 Å². The van der Waals surface area contributed by atoms with Gasteiger partial charge in [-0.25, -0.2) is 4.68 Å². The Bertz CT molecular complexity index is 580. The zero-order valence-electron chi connectivity index (χ0n) is 12.4. The smallest absolute Gasteiger partial charge is 0.106 e. The topological polar surface area (TPSA) is 29.9 Å². The van der Waals surface area contributed by atoms with Crippen molar-refractivity contribution in [2.24, 2.45) is 5.92 Å². The molecule has 1 aromatic heterocycles. The zero-order chi connectivity index (χ0) is 14.7. The average Bonchev–Trinajstić information content (AvgIpc) is 2.91. The largest absolute Gasteiger partial charge is 0.381 e. The summed E-state index contributed by atoms with van der Waals surface area (Å²) in [6.45, 7) is 2.36. The third-order valence-electron chi connectivity index (χ3n) is 4.34. The number of benzene rings is 1. The summed E-state index contributed by atoms with van der Waals surface area (Å²) >= 11 is 6.39. The number of hydrogen-bond donors (Lipinski definition) is 1. The van der Waals surface area contributed by atoms with E-state index in [1.54, 1.807) is 6.20 Å². The summed E-state index contributed by atoms with van der Waals surface area (Å²) in [5.41, 5.74) is 2.02. The summed E-state index contributed by atoms with van der Waals surface area (Å²) in [4.78, 5) is 0. The first-order valence-corrected chi connectivity index (χ1v) is 8.17. The predicted molar refractivity (Wildman–Crippen MR) is 88.2 cm³/mol. The fourth-order valence-corrected chi connectivity index (χ4v) is 3.38. The van der Waals surface area contributed by atoms with E-state index >= 15 is 0 Å². The minimum absolute atomic E-state index is 0.530. The second-order valence-corrected chi connectivity index (χ2v) is 6.45. The highest BCUT2D eigenvalue weighted by Crippen LogP contribution is 2.31. The summed E-state index contributed by atoms with van der Waals surface area (Å²) in [5.74, 6) is 0.849. The van der Waals surface area contributed by atoms with Gasteiger partial charge in [0.25, 0.3) is 0 Å². The molecule has 1 aliphatic rings. The van der Waals surface area contributed by atoms with E-state index < -0.39 is 0 Å². The lowest BCUT2D eigenvalue weighted by atomic mass is 10.0. The molecule has 0 radical (unpaired) electrons. The molecule has 3 nitrogen and oxygen atoms in total. The van der Waals surface area contributed by atoms with E-state index in [1.807, 2.05) is 29.1 Å². The van der Waals surface area contributed by atoms with Gasteiger partial charge in [0.15, 0.2) is 0 Å². The van der Waals surface area contributed by atoms with Crippen molar-refractivity contribution in [3.8, 4) is 5.69 Å². The molecule has 2 unspecified atom stereocenters. The molecular formula is C17H22ClN3. The SMILES string of the molecule is CC1CCCC(Nc2cccc(Cl)c2-n2cccn2)CC1. The molecule has 0 bridgehead atoms. The first kappa shape index (κ1) is 14.5. The van der Waals surface area contributed by atoms with Gasteiger partial charge in [0.05, 0.1) is 10.7 Å². The molecule has 112 valence electrons. The average molecular weight is 304 g/mol. The van der Waals surface area contributed by atoms with Crippen molar-refractivity contribution in [2.75, 3.05) is 5.32 Å². The molecule has 0 amide bonds. The van der Waals surface area contributed by atoms with Crippen molar-refractivity contribution >= 4 is 17.3 Å². The van der Waals surface area contributed by atoms with Crippen LogP contribution in [0.5, 0.6) is 0 Å². The first-order chi connectivity index (χ1) is 10.2. The molecule has 1 saturated carbocycles. The summed E-state index contributed by atoms with van der Waals surface area (Å²) < 4.78 is 1.84. The Balaban J connectivity index is 1.84. The number of aromatic nitrogens is 2. The Labute approximate surface area is 131 Å². The fourth-order valence-electron chi connectivity index (χ4n) is 3.12. The van der Waals surface area contributed by atoms with E-state index in [0.29, 0.717) is 6.04 Å². The van der Waals surface area contributed by atoms with Crippen LogP contribution in [-0.4, -0.2) is 15.8 Å². The second kappa shape index (κ2) is 6.52. The molecule has 0 saturated heterocycles. The van der Waals surface area contributed by atoms with Crippen LogP contribution in [0, 0.1) is 5.92 Å². The van der Waals surface area contributed by atoms with Crippen molar-refractivity contribution < 1.29 is 0 Å². The Morgan fingerprint density at radius 3 is 2.90 bits per heavy atom. The lowest BCUT2D eigenvalue weighted by molar-refractivity contribution is 0.502. The van der Waals surface area contributed by atoms with Crippen LogP contribution in [0.4, 0.5) is 5.69 Å². The maximum absolute atomic E-state index is 6.39. The zero-order valence-corrected chi connectivity index (χ0v) is 13.2. The number of rotatable bonds is 3. The van der Waals surface area contributed by atoms with E-state index in [4.69, 9.17) is 11.6 Å². The van der Waals surface area contributed by atoms with Gasteiger partial charge in [0.1, 0.15) is 5.69 Å². The van der Waals surface area contributed by atoms with Gasteiger partial charge in [-0.05, 0) is 43.4 Å². The number of nitrogens with one attached hydrogen (secondary N) is 1. The number of halogens is 1. The van der Waals surface area contributed by atoms with Gasteiger partial charge in [-0.3, -0.25) is 0 Å². The quantitative estimate of drug-likeness (QED) is 0.817. The molecule has 2 atom stereocenters. The highest BCUT2D eigenvalue weighted by Gasteiger charge is 2.18.